The molecule has 1 heterocycles. The van der Waals surface area contributed by atoms with Crippen molar-refractivity contribution in [3.05, 3.63) is 23.8 Å². The zero-order valence-electron chi connectivity index (χ0n) is 11.1. The quantitative estimate of drug-likeness (QED) is 0.792. The number of hydrogen-bond donors (Lipinski definition) is 0. The number of rotatable bonds is 5. The predicted octanol–water partition coefficient (Wildman–Crippen LogP) is 3.13. The highest BCUT2D eigenvalue weighted by Crippen LogP contribution is 2.28. The Kier molecular flexibility index (Phi) is 4.27. The van der Waals surface area contributed by atoms with Gasteiger partial charge in [-0.05, 0) is 6.92 Å². The fraction of sp³-hybridized carbons (Fsp3) is 0.462. The van der Waals surface area contributed by atoms with Gasteiger partial charge in [-0.3, -0.25) is 0 Å². The molecule has 0 saturated carbocycles. The molecule has 2 rings (SSSR count). The third kappa shape index (κ3) is 2.53. The second-order valence-electron chi connectivity index (χ2n) is 4.31. The summed E-state index contributed by atoms with van der Waals surface area (Å²) in [4.78, 5) is 4.35. The van der Waals surface area contributed by atoms with Crippen LogP contribution in [0.1, 0.15) is 18.8 Å². The summed E-state index contributed by atoms with van der Waals surface area (Å²) in [5.74, 6) is 0.709. The van der Waals surface area contributed by atoms with Gasteiger partial charge < -0.3 is 14.0 Å². The smallest absolute Gasteiger partial charge is 0.167 e. The molecule has 2 aromatic rings. The molecule has 1 atom stereocenters. The third-order valence-electron chi connectivity index (χ3n) is 3.00. The second kappa shape index (κ2) is 5.75. The molecule has 0 aliphatic heterocycles. The highest BCUT2D eigenvalue weighted by atomic mass is 35.5. The Hall–Kier alpha value is -1.33. The Morgan fingerprint density at radius 2 is 2.16 bits per heavy atom. The first-order valence-electron chi connectivity index (χ1n) is 5.91. The maximum Gasteiger partial charge on any atom is 0.167 e. The molecular weight excluding hydrogens is 271 g/mol. The first-order valence-corrected chi connectivity index (χ1v) is 6.45. The number of benzene rings is 1. The van der Waals surface area contributed by atoms with Gasteiger partial charge in [0.1, 0.15) is 5.82 Å². The molecule has 0 aliphatic carbocycles. The van der Waals surface area contributed by atoms with Crippen molar-refractivity contribution in [2.75, 3.05) is 20.8 Å². The number of fused-ring (bicyclic) bond motifs is 1. The number of halogens is 2. The maximum absolute atomic E-state index is 13.7. The Balaban J connectivity index is 2.64. The molecule has 0 amide bonds. The minimum atomic E-state index is -0.430. The van der Waals surface area contributed by atoms with Crippen LogP contribution in [0.3, 0.4) is 0 Å². The van der Waals surface area contributed by atoms with E-state index in [0.717, 1.165) is 5.52 Å². The van der Waals surface area contributed by atoms with Crippen LogP contribution in [0.15, 0.2) is 12.1 Å². The average Bonchev–Trinajstić information content (AvgIpc) is 2.75. The third-order valence-corrected chi connectivity index (χ3v) is 3.24. The summed E-state index contributed by atoms with van der Waals surface area (Å²) in [6, 6.07) is 3.05. The van der Waals surface area contributed by atoms with Crippen molar-refractivity contribution in [2.24, 2.45) is 0 Å². The fourth-order valence-electron chi connectivity index (χ4n) is 2.20. The van der Waals surface area contributed by atoms with Crippen LogP contribution in [0.25, 0.3) is 11.0 Å². The van der Waals surface area contributed by atoms with Gasteiger partial charge in [-0.25, -0.2) is 9.37 Å². The standard InChI is InChI=1S/C13H16ClFN2O2/c1-8(7-18-2)17-11-5-12(19-3)9(15)4-10(11)16-13(17)6-14/h4-5,8H,6-7H2,1-3H3. The van der Waals surface area contributed by atoms with Crippen molar-refractivity contribution < 1.29 is 13.9 Å². The van der Waals surface area contributed by atoms with Crippen LogP contribution in [0.5, 0.6) is 5.75 Å². The van der Waals surface area contributed by atoms with Crippen LogP contribution < -0.4 is 4.74 Å². The molecule has 1 aromatic carbocycles. The molecule has 0 bridgehead atoms. The van der Waals surface area contributed by atoms with Gasteiger partial charge in [-0.15, -0.1) is 11.6 Å². The number of ether oxygens (including phenoxy) is 2. The summed E-state index contributed by atoms with van der Waals surface area (Å²) >= 11 is 5.91. The highest BCUT2D eigenvalue weighted by Gasteiger charge is 2.17. The number of aromatic nitrogens is 2. The lowest BCUT2D eigenvalue weighted by molar-refractivity contribution is 0.163. The van der Waals surface area contributed by atoms with Gasteiger partial charge in [0.05, 0.1) is 36.7 Å². The van der Waals surface area contributed by atoms with E-state index in [1.54, 1.807) is 13.2 Å². The lowest BCUT2D eigenvalue weighted by Gasteiger charge is -2.16. The van der Waals surface area contributed by atoms with Gasteiger partial charge in [-0.2, -0.15) is 0 Å². The molecule has 0 spiro atoms. The van der Waals surface area contributed by atoms with Crippen LogP contribution in [-0.2, 0) is 10.6 Å². The molecule has 4 nitrogen and oxygen atoms in total. The molecule has 104 valence electrons. The number of imidazole rings is 1. The predicted molar refractivity (Wildman–Crippen MR) is 72.4 cm³/mol. The van der Waals surface area contributed by atoms with Crippen molar-refractivity contribution in [1.29, 1.82) is 0 Å². The Bertz CT molecular complexity index is 586. The number of methoxy groups -OCH3 is 2. The van der Waals surface area contributed by atoms with Crippen LogP contribution >= 0.6 is 11.6 Å². The van der Waals surface area contributed by atoms with E-state index in [0.29, 0.717) is 17.9 Å². The monoisotopic (exact) mass is 286 g/mol. The van der Waals surface area contributed by atoms with Crippen LogP contribution in [0.2, 0.25) is 0 Å². The van der Waals surface area contributed by atoms with E-state index in [9.17, 15) is 4.39 Å². The minimum absolute atomic E-state index is 0.0546. The molecule has 1 aromatic heterocycles. The Morgan fingerprint density at radius 1 is 1.42 bits per heavy atom. The highest BCUT2D eigenvalue weighted by molar-refractivity contribution is 6.16. The molecule has 0 aliphatic rings. The second-order valence-corrected chi connectivity index (χ2v) is 4.58. The number of alkyl halides is 1. The van der Waals surface area contributed by atoms with Gasteiger partial charge in [0, 0.05) is 19.2 Å². The van der Waals surface area contributed by atoms with Crippen molar-refractivity contribution in [3.8, 4) is 5.75 Å². The normalized spacial score (nSPS) is 12.9. The molecule has 19 heavy (non-hydrogen) atoms. The van der Waals surface area contributed by atoms with Crippen LogP contribution in [0, 0.1) is 5.82 Å². The van der Waals surface area contributed by atoms with E-state index < -0.39 is 5.82 Å². The van der Waals surface area contributed by atoms with E-state index in [2.05, 4.69) is 4.98 Å². The molecule has 1 unspecified atom stereocenters. The molecule has 0 saturated heterocycles. The van der Waals surface area contributed by atoms with Crippen molar-refractivity contribution in [3.63, 3.8) is 0 Å². The first kappa shape index (κ1) is 14.1. The van der Waals surface area contributed by atoms with E-state index in [1.165, 1.54) is 13.2 Å². The topological polar surface area (TPSA) is 36.3 Å². The zero-order chi connectivity index (χ0) is 14.0. The van der Waals surface area contributed by atoms with E-state index in [4.69, 9.17) is 21.1 Å². The largest absolute Gasteiger partial charge is 0.494 e. The summed E-state index contributed by atoms with van der Waals surface area (Å²) in [6.07, 6.45) is 0. The molecule has 0 radical (unpaired) electrons. The first-order chi connectivity index (χ1) is 9.12. The summed E-state index contributed by atoms with van der Waals surface area (Å²) in [5, 5.41) is 0. The average molecular weight is 287 g/mol. The van der Waals surface area contributed by atoms with E-state index in [-0.39, 0.29) is 17.7 Å². The lowest BCUT2D eigenvalue weighted by Crippen LogP contribution is -2.13. The van der Waals surface area contributed by atoms with Gasteiger partial charge >= 0.3 is 0 Å². The van der Waals surface area contributed by atoms with Crippen molar-refractivity contribution in [2.45, 2.75) is 18.8 Å². The zero-order valence-corrected chi connectivity index (χ0v) is 11.9. The maximum atomic E-state index is 13.7. The van der Waals surface area contributed by atoms with E-state index in [1.807, 2.05) is 11.5 Å². The van der Waals surface area contributed by atoms with Gasteiger partial charge in [0.2, 0.25) is 0 Å². The Labute approximate surface area is 116 Å². The lowest BCUT2D eigenvalue weighted by atomic mass is 10.2. The SMILES string of the molecule is COCC(C)n1c(CCl)nc2cc(F)c(OC)cc21. The summed E-state index contributed by atoms with van der Waals surface area (Å²) < 4.78 is 25.8. The molecule has 0 N–H and O–H groups in total. The number of hydrogen-bond acceptors (Lipinski definition) is 3. The number of nitrogens with zero attached hydrogens (tertiary/aromatic N) is 2. The Morgan fingerprint density at radius 3 is 2.74 bits per heavy atom. The summed E-state index contributed by atoms with van der Waals surface area (Å²) in [6.45, 7) is 2.52. The fourth-order valence-corrected chi connectivity index (χ4v) is 2.39. The van der Waals surface area contributed by atoms with Crippen LogP contribution in [0.4, 0.5) is 4.39 Å². The van der Waals surface area contributed by atoms with Gasteiger partial charge in [0.15, 0.2) is 11.6 Å². The minimum Gasteiger partial charge on any atom is -0.494 e. The summed E-state index contributed by atoms with van der Waals surface area (Å²) in [5.41, 5.74) is 1.36. The van der Waals surface area contributed by atoms with Crippen LogP contribution in [-0.4, -0.2) is 30.4 Å². The van der Waals surface area contributed by atoms with Crippen molar-refractivity contribution >= 4 is 22.6 Å². The van der Waals surface area contributed by atoms with Gasteiger partial charge in [-0.1, -0.05) is 0 Å². The molecule has 0 fully saturated rings. The molecular formula is C13H16ClFN2O2. The molecule has 6 heteroatoms. The summed E-state index contributed by atoms with van der Waals surface area (Å²) in [7, 11) is 3.07. The van der Waals surface area contributed by atoms with Gasteiger partial charge in [0.25, 0.3) is 0 Å². The van der Waals surface area contributed by atoms with E-state index >= 15 is 0 Å². The van der Waals surface area contributed by atoms with Crippen molar-refractivity contribution in [1.82, 2.24) is 9.55 Å².